The third-order valence-corrected chi connectivity index (χ3v) is 5.45. The highest BCUT2D eigenvalue weighted by atomic mass is 32.1. The van der Waals surface area contributed by atoms with Gasteiger partial charge in [-0.2, -0.15) is 5.26 Å². The molecule has 0 aliphatic rings. The van der Waals surface area contributed by atoms with Gasteiger partial charge in [-0.3, -0.25) is 15.1 Å². The first kappa shape index (κ1) is 22.7. The number of nitriles is 1. The first-order chi connectivity index (χ1) is 16.7. The molecule has 3 heterocycles. The molecule has 34 heavy (non-hydrogen) atoms. The maximum absolute atomic E-state index is 12.0. The Morgan fingerprint density at radius 1 is 1.18 bits per heavy atom. The van der Waals surface area contributed by atoms with Gasteiger partial charge in [0.05, 0.1) is 17.4 Å². The van der Waals surface area contributed by atoms with Crippen LogP contribution in [0.3, 0.4) is 0 Å². The van der Waals surface area contributed by atoms with Gasteiger partial charge in [-0.05, 0) is 28.7 Å². The normalized spacial score (nSPS) is 10.4. The van der Waals surface area contributed by atoms with Crippen molar-refractivity contribution in [3.8, 4) is 17.3 Å². The third-order valence-electron chi connectivity index (χ3n) is 4.94. The summed E-state index contributed by atoms with van der Waals surface area (Å²) in [5, 5.41) is 30.1. The van der Waals surface area contributed by atoms with E-state index in [1.165, 1.54) is 17.9 Å². The van der Waals surface area contributed by atoms with Crippen molar-refractivity contribution in [2.75, 3.05) is 16.8 Å². The molecule has 170 valence electrons. The maximum atomic E-state index is 12.0. The highest BCUT2D eigenvalue weighted by Gasteiger charge is 2.27. The van der Waals surface area contributed by atoms with Crippen LogP contribution in [0.25, 0.3) is 11.3 Å². The second-order valence-corrected chi connectivity index (χ2v) is 7.79. The van der Waals surface area contributed by atoms with Crippen LogP contribution >= 0.6 is 11.5 Å². The molecule has 0 bridgehead atoms. The van der Waals surface area contributed by atoms with Gasteiger partial charge in [0, 0.05) is 43.0 Å². The Labute approximate surface area is 199 Å². The van der Waals surface area contributed by atoms with E-state index in [4.69, 9.17) is 5.26 Å². The number of aromatic nitrogens is 5. The Balaban J connectivity index is 1.57. The van der Waals surface area contributed by atoms with Crippen LogP contribution in [0.2, 0.25) is 0 Å². The van der Waals surface area contributed by atoms with Crippen molar-refractivity contribution in [1.82, 2.24) is 24.5 Å². The smallest absolute Gasteiger partial charge is 0.353 e. The molecule has 1 N–H and O–H groups in total. The quantitative estimate of drug-likeness (QED) is 0.266. The number of nitrogens with one attached hydrogen (secondary N) is 1. The van der Waals surface area contributed by atoms with E-state index >= 15 is 0 Å². The van der Waals surface area contributed by atoms with Crippen molar-refractivity contribution in [3.05, 3.63) is 81.7 Å². The van der Waals surface area contributed by atoms with Gasteiger partial charge in [-0.25, -0.2) is 9.97 Å². The summed E-state index contributed by atoms with van der Waals surface area (Å²) in [7, 11) is 0. The molecule has 1 aromatic carbocycles. The molecule has 0 fully saturated rings. The summed E-state index contributed by atoms with van der Waals surface area (Å²) < 4.78 is 3.87. The number of nitrogens with zero attached hydrogens (tertiary/aromatic N) is 8. The molecule has 0 aliphatic carbocycles. The summed E-state index contributed by atoms with van der Waals surface area (Å²) in [5.74, 6) is 0.254. The molecule has 3 aromatic heterocycles. The molecule has 0 radical (unpaired) electrons. The minimum absolute atomic E-state index is 0.107. The molecule has 0 amide bonds. The monoisotopic (exact) mass is 473 g/mol. The second-order valence-electron chi connectivity index (χ2n) is 7.18. The van der Waals surface area contributed by atoms with E-state index < -0.39 is 4.92 Å². The molecule has 0 aliphatic heterocycles. The van der Waals surface area contributed by atoms with Gasteiger partial charge >= 0.3 is 5.69 Å². The van der Waals surface area contributed by atoms with E-state index in [1.54, 1.807) is 23.4 Å². The highest BCUT2D eigenvalue weighted by Crippen LogP contribution is 2.33. The van der Waals surface area contributed by atoms with Crippen LogP contribution in [0, 0.1) is 21.4 Å². The zero-order chi connectivity index (χ0) is 23.8. The van der Waals surface area contributed by atoms with Crippen molar-refractivity contribution in [3.63, 3.8) is 0 Å². The molecule has 4 rings (SSSR count). The lowest BCUT2D eigenvalue weighted by Crippen LogP contribution is -2.26. The number of hydrogen-bond acceptors (Lipinski definition) is 11. The van der Waals surface area contributed by atoms with E-state index in [-0.39, 0.29) is 30.3 Å². The number of rotatable bonds is 10. The van der Waals surface area contributed by atoms with Crippen LogP contribution in [0.5, 0.6) is 0 Å². The minimum atomic E-state index is -0.501. The predicted molar refractivity (Wildman–Crippen MR) is 127 cm³/mol. The van der Waals surface area contributed by atoms with Crippen LogP contribution in [0.4, 0.5) is 17.3 Å². The summed E-state index contributed by atoms with van der Waals surface area (Å²) in [6, 6.07) is 13.4. The topological polar surface area (TPSA) is 147 Å². The van der Waals surface area contributed by atoms with Crippen molar-refractivity contribution in [1.29, 1.82) is 5.26 Å². The molecule has 4 aromatic rings. The lowest BCUT2D eigenvalue weighted by atomic mass is 10.1. The minimum Gasteiger partial charge on any atom is -0.360 e. The Hall–Kier alpha value is -4.50. The van der Waals surface area contributed by atoms with Crippen molar-refractivity contribution in [2.24, 2.45) is 0 Å². The van der Waals surface area contributed by atoms with Gasteiger partial charge in [0.2, 0.25) is 11.6 Å². The number of anilines is 2. The largest absolute Gasteiger partial charge is 0.360 e. The van der Waals surface area contributed by atoms with Gasteiger partial charge < -0.3 is 10.2 Å². The number of hydrogen-bond donors (Lipinski definition) is 1. The number of pyridine rings is 1. The molecule has 11 nitrogen and oxygen atoms in total. The molecular weight excluding hydrogens is 454 g/mol. The average Bonchev–Trinajstić information content (AvgIpc) is 3.41. The standard InChI is InChI=1S/C22H19N9O2S/c23-8-2-10-30(13-17-3-1-9-24-11-17)22-20(31(32)33)21(26-15-27-22)25-12-16-4-6-18(7-5-16)19-14-34-29-28-19/h1,3-7,9,11,14-15H,2,10,12-13H2,(H,25,26,27). The fourth-order valence-corrected chi connectivity index (χ4v) is 3.79. The first-order valence-corrected chi connectivity index (χ1v) is 11.1. The number of benzene rings is 1. The first-order valence-electron chi connectivity index (χ1n) is 10.3. The van der Waals surface area contributed by atoms with Crippen molar-refractivity contribution >= 4 is 28.9 Å². The summed E-state index contributed by atoms with van der Waals surface area (Å²) in [6.07, 6.45) is 4.80. The van der Waals surface area contributed by atoms with Gasteiger partial charge in [0.25, 0.3) is 0 Å². The van der Waals surface area contributed by atoms with Crippen LogP contribution in [-0.2, 0) is 13.1 Å². The third kappa shape index (κ3) is 5.45. The average molecular weight is 474 g/mol. The van der Waals surface area contributed by atoms with E-state index in [0.29, 0.717) is 13.1 Å². The van der Waals surface area contributed by atoms with Gasteiger partial charge in [-0.15, -0.1) is 5.10 Å². The molecule has 0 spiro atoms. The van der Waals surface area contributed by atoms with Crippen molar-refractivity contribution < 1.29 is 4.92 Å². The zero-order valence-electron chi connectivity index (χ0n) is 17.9. The molecule has 0 atom stereocenters. The maximum Gasteiger partial charge on any atom is 0.353 e. The molecule has 0 saturated carbocycles. The lowest BCUT2D eigenvalue weighted by Gasteiger charge is -2.22. The van der Waals surface area contributed by atoms with Crippen LogP contribution in [0.15, 0.2) is 60.5 Å². The Morgan fingerprint density at radius 2 is 2.03 bits per heavy atom. The van der Waals surface area contributed by atoms with Crippen molar-refractivity contribution in [2.45, 2.75) is 19.5 Å². The second kappa shape index (κ2) is 10.9. The zero-order valence-corrected chi connectivity index (χ0v) is 18.7. The molecular formula is C22H19N9O2S. The number of nitro groups is 1. The van der Waals surface area contributed by atoms with Gasteiger partial charge in [0.15, 0.2) is 0 Å². The van der Waals surface area contributed by atoms with Crippen LogP contribution in [0.1, 0.15) is 17.5 Å². The highest BCUT2D eigenvalue weighted by molar-refractivity contribution is 7.03. The lowest BCUT2D eigenvalue weighted by molar-refractivity contribution is -0.383. The van der Waals surface area contributed by atoms with Gasteiger partial charge in [-0.1, -0.05) is 34.8 Å². The summed E-state index contributed by atoms with van der Waals surface area (Å²) in [5.41, 5.74) is 3.26. The Kier molecular flexibility index (Phi) is 7.26. The fraction of sp³-hybridized carbons (Fsp3) is 0.182. The van der Waals surface area contributed by atoms with E-state index in [1.807, 2.05) is 35.7 Å². The van der Waals surface area contributed by atoms with Crippen LogP contribution < -0.4 is 10.2 Å². The molecule has 0 unspecified atom stereocenters. The van der Waals surface area contributed by atoms with E-state index in [0.717, 1.165) is 22.4 Å². The fourth-order valence-electron chi connectivity index (χ4n) is 3.32. The Bertz CT molecular complexity index is 1280. The SMILES string of the molecule is N#CCCN(Cc1cccnc1)c1ncnc(NCc2ccc(-c3csnn3)cc2)c1[N+](=O)[O-]. The summed E-state index contributed by atoms with van der Waals surface area (Å²) in [6.45, 7) is 0.920. The predicted octanol–water partition coefficient (Wildman–Crippen LogP) is 3.83. The van der Waals surface area contributed by atoms with E-state index in [9.17, 15) is 10.1 Å². The summed E-state index contributed by atoms with van der Waals surface area (Å²) >= 11 is 1.28. The Morgan fingerprint density at radius 3 is 2.71 bits per heavy atom. The summed E-state index contributed by atoms with van der Waals surface area (Å²) in [4.78, 5) is 25.6. The molecule has 0 saturated heterocycles. The molecule has 12 heteroatoms. The van der Waals surface area contributed by atoms with E-state index in [2.05, 4.69) is 35.9 Å². The van der Waals surface area contributed by atoms with Crippen LogP contribution in [-0.4, -0.2) is 36.0 Å². The van der Waals surface area contributed by atoms with Gasteiger partial charge in [0.1, 0.15) is 12.0 Å².